The Kier molecular flexibility index (Phi) is 3.96. The Morgan fingerprint density at radius 1 is 1.33 bits per heavy atom. The Morgan fingerprint density at radius 2 is 2.00 bits per heavy atom. The van der Waals surface area contributed by atoms with Crippen LogP contribution in [0.3, 0.4) is 0 Å². The Hall–Kier alpha value is -1.43. The van der Waals surface area contributed by atoms with E-state index in [4.69, 9.17) is 5.11 Å². The number of likely N-dealkylation sites (tertiary alicyclic amines) is 1. The molecule has 6 heteroatoms. The van der Waals surface area contributed by atoms with E-state index in [0.29, 0.717) is 6.42 Å². The first kappa shape index (κ1) is 13.0. The third-order valence-electron chi connectivity index (χ3n) is 3.01. The molecule has 0 bridgehead atoms. The topological polar surface area (TPSA) is 70.5 Å². The lowest BCUT2D eigenvalue weighted by Gasteiger charge is -2.13. The van der Waals surface area contributed by atoms with Gasteiger partial charge in [0, 0.05) is 18.0 Å². The van der Waals surface area contributed by atoms with Gasteiger partial charge in [0.05, 0.1) is 18.5 Å². The fourth-order valence-electron chi connectivity index (χ4n) is 2.07. The van der Waals surface area contributed by atoms with Gasteiger partial charge >= 0.3 is 5.97 Å². The van der Waals surface area contributed by atoms with Crippen LogP contribution in [0.2, 0.25) is 0 Å². The van der Waals surface area contributed by atoms with Crippen molar-refractivity contribution in [1.29, 1.82) is 0 Å². The maximum Gasteiger partial charge on any atom is 0.308 e. The minimum Gasteiger partial charge on any atom is -0.481 e. The number of rotatable bonds is 4. The van der Waals surface area contributed by atoms with E-state index in [-0.39, 0.29) is 12.3 Å². The number of hydrogen-bond donors (Lipinski definition) is 1. The van der Waals surface area contributed by atoms with Crippen molar-refractivity contribution in [2.45, 2.75) is 32.6 Å². The second kappa shape index (κ2) is 5.48. The van der Waals surface area contributed by atoms with Gasteiger partial charge in [0.1, 0.15) is 5.01 Å². The molecule has 2 rings (SSSR count). The molecule has 0 aliphatic carbocycles. The van der Waals surface area contributed by atoms with Gasteiger partial charge in [0.25, 0.3) is 0 Å². The van der Waals surface area contributed by atoms with Crippen LogP contribution in [0.15, 0.2) is 0 Å². The number of carboxylic acid groups (broad SMARTS) is 1. The zero-order chi connectivity index (χ0) is 13.1. The highest BCUT2D eigenvalue weighted by Gasteiger charge is 2.20. The van der Waals surface area contributed by atoms with Crippen LogP contribution in [0.25, 0.3) is 0 Å². The monoisotopic (exact) mass is 268 g/mol. The highest BCUT2D eigenvalue weighted by atomic mass is 32.1. The minimum absolute atomic E-state index is 0.0125. The molecule has 2 heterocycles. The van der Waals surface area contributed by atoms with Crippen molar-refractivity contribution >= 4 is 23.2 Å². The van der Waals surface area contributed by atoms with Gasteiger partial charge in [-0.2, -0.15) is 0 Å². The van der Waals surface area contributed by atoms with Crippen LogP contribution in [-0.2, 0) is 22.4 Å². The number of aryl methyl sites for hydroxylation is 1. The Labute approximate surface area is 109 Å². The largest absolute Gasteiger partial charge is 0.481 e. The van der Waals surface area contributed by atoms with Crippen LogP contribution < -0.4 is 0 Å². The van der Waals surface area contributed by atoms with Gasteiger partial charge in [-0.25, -0.2) is 4.98 Å². The fraction of sp³-hybridized carbons (Fsp3) is 0.583. The molecule has 1 amide bonds. The summed E-state index contributed by atoms with van der Waals surface area (Å²) in [5.41, 5.74) is 0.728. The van der Waals surface area contributed by atoms with Crippen LogP contribution in [0, 0.1) is 6.92 Å². The number of carboxylic acids is 1. The van der Waals surface area contributed by atoms with Crippen LogP contribution in [0.5, 0.6) is 0 Å². The minimum atomic E-state index is -0.862. The van der Waals surface area contributed by atoms with Crippen molar-refractivity contribution in [3.8, 4) is 0 Å². The van der Waals surface area contributed by atoms with E-state index in [9.17, 15) is 9.59 Å². The molecular weight excluding hydrogens is 252 g/mol. The van der Waals surface area contributed by atoms with Crippen molar-refractivity contribution in [3.05, 3.63) is 15.6 Å². The van der Waals surface area contributed by atoms with Gasteiger partial charge < -0.3 is 10.0 Å². The molecule has 1 fully saturated rings. The van der Waals surface area contributed by atoms with Gasteiger partial charge in [0.15, 0.2) is 0 Å². The molecule has 5 nitrogen and oxygen atoms in total. The van der Waals surface area contributed by atoms with Crippen LogP contribution in [0.4, 0.5) is 0 Å². The number of nitrogens with zero attached hydrogens (tertiary/aromatic N) is 2. The summed E-state index contributed by atoms with van der Waals surface area (Å²) in [5, 5.41) is 9.48. The van der Waals surface area contributed by atoms with E-state index < -0.39 is 5.97 Å². The van der Waals surface area contributed by atoms with E-state index in [2.05, 4.69) is 4.98 Å². The van der Waals surface area contributed by atoms with Crippen molar-refractivity contribution in [2.75, 3.05) is 13.1 Å². The number of carbonyl (C=O) groups excluding carboxylic acids is 1. The summed E-state index contributed by atoms with van der Waals surface area (Å²) >= 11 is 1.34. The Morgan fingerprint density at radius 3 is 2.61 bits per heavy atom. The van der Waals surface area contributed by atoms with Crippen molar-refractivity contribution in [2.24, 2.45) is 0 Å². The molecule has 18 heavy (non-hydrogen) atoms. The van der Waals surface area contributed by atoms with Crippen LogP contribution in [-0.4, -0.2) is 40.0 Å². The van der Waals surface area contributed by atoms with E-state index in [0.717, 1.165) is 41.5 Å². The molecule has 0 radical (unpaired) electrons. The van der Waals surface area contributed by atoms with E-state index in [1.54, 1.807) is 6.92 Å². The number of thiazole rings is 1. The summed E-state index contributed by atoms with van der Waals surface area (Å²) in [7, 11) is 0. The molecule has 1 aliphatic heterocycles. The lowest BCUT2D eigenvalue weighted by Crippen LogP contribution is -2.28. The molecule has 0 unspecified atom stereocenters. The quantitative estimate of drug-likeness (QED) is 0.892. The molecule has 1 aromatic heterocycles. The molecule has 1 saturated heterocycles. The first-order valence-corrected chi connectivity index (χ1v) is 6.82. The van der Waals surface area contributed by atoms with E-state index in [1.165, 1.54) is 11.3 Å². The van der Waals surface area contributed by atoms with Crippen LogP contribution >= 0.6 is 11.3 Å². The summed E-state index contributed by atoms with van der Waals surface area (Å²) < 4.78 is 0. The molecule has 1 aromatic rings. The summed E-state index contributed by atoms with van der Waals surface area (Å²) in [6.07, 6.45) is 2.44. The zero-order valence-corrected chi connectivity index (χ0v) is 11.1. The average molecular weight is 268 g/mol. The lowest BCUT2D eigenvalue weighted by molar-refractivity contribution is -0.136. The van der Waals surface area contributed by atoms with Crippen molar-refractivity contribution in [3.63, 3.8) is 0 Å². The second-order valence-electron chi connectivity index (χ2n) is 4.45. The van der Waals surface area contributed by atoms with Crippen molar-refractivity contribution < 1.29 is 14.7 Å². The number of aromatic nitrogens is 1. The summed E-state index contributed by atoms with van der Waals surface area (Å²) in [6, 6.07) is 0. The first-order chi connectivity index (χ1) is 8.56. The molecule has 0 atom stereocenters. The fourth-order valence-corrected chi connectivity index (χ4v) is 3.12. The number of aliphatic carboxylic acids is 1. The van der Waals surface area contributed by atoms with Gasteiger partial charge in [-0.15, -0.1) is 11.3 Å². The highest BCUT2D eigenvalue weighted by Crippen LogP contribution is 2.20. The third kappa shape index (κ3) is 3.07. The van der Waals surface area contributed by atoms with E-state index >= 15 is 0 Å². The Bertz CT molecular complexity index is 464. The molecule has 0 saturated carbocycles. The van der Waals surface area contributed by atoms with E-state index in [1.807, 2.05) is 4.90 Å². The summed E-state index contributed by atoms with van der Waals surface area (Å²) in [4.78, 5) is 29.5. The van der Waals surface area contributed by atoms with Crippen LogP contribution in [0.1, 0.15) is 28.4 Å². The number of carbonyl (C=O) groups is 2. The molecule has 1 aliphatic rings. The smallest absolute Gasteiger partial charge is 0.308 e. The Balaban J connectivity index is 2.00. The first-order valence-electron chi connectivity index (χ1n) is 6.01. The maximum absolute atomic E-state index is 11.9. The summed E-state index contributed by atoms with van der Waals surface area (Å²) in [6.45, 7) is 3.47. The predicted octanol–water partition coefficient (Wildman–Crippen LogP) is 1.24. The summed E-state index contributed by atoms with van der Waals surface area (Å²) in [5.74, 6) is -0.762. The average Bonchev–Trinajstić information content (AvgIpc) is 2.89. The normalized spacial score (nSPS) is 15.1. The number of hydrogen-bond acceptors (Lipinski definition) is 4. The van der Waals surface area contributed by atoms with Crippen molar-refractivity contribution in [1.82, 2.24) is 9.88 Å². The molecule has 1 N–H and O–H groups in total. The molecule has 0 spiro atoms. The highest BCUT2D eigenvalue weighted by molar-refractivity contribution is 7.11. The van der Waals surface area contributed by atoms with Gasteiger partial charge in [-0.3, -0.25) is 9.59 Å². The standard InChI is InChI=1S/C12H16N2O3S/c1-8-9(6-12(16)17)18-10(13-8)7-11(15)14-4-2-3-5-14/h2-7H2,1H3,(H,16,17). The van der Waals surface area contributed by atoms with Gasteiger partial charge in [0.2, 0.25) is 5.91 Å². The maximum atomic E-state index is 11.9. The van der Waals surface area contributed by atoms with Gasteiger partial charge in [-0.1, -0.05) is 0 Å². The zero-order valence-electron chi connectivity index (χ0n) is 10.3. The lowest BCUT2D eigenvalue weighted by atomic mass is 10.3. The molecule has 0 aromatic carbocycles. The van der Waals surface area contributed by atoms with Gasteiger partial charge in [-0.05, 0) is 19.8 Å². The molecular formula is C12H16N2O3S. The molecule has 98 valence electrons. The SMILES string of the molecule is Cc1nc(CC(=O)N2CCCC2)sc1CC(=O)O. The number of amides is 1. The predicted molar refractivity (Wildman–Crippen MR) is 67.7 cm³/mol. The second-order valence-corrected chi connectivity index (χ2v) is 5.62. The third-order valence-corrected chi connectivity index (χ3v) is 4.17.